The Kier molecular flexibility index (Phi) is 5.94. The molecule has 1 saturated heterocycles. The van der Waals surface area contributed by atoms with Crippen molar-refractivity contribution >= 4 is 21.8 Å². The first kappa shape index (κ1) is 19.5. The maximum atomic E-state index is 13.0. The second-order valence-corrected chi connectivity index (χ2v) is 8.80. The molecule has 0 spiro atoms. The zero-order valence-corrected chi connectivity index (χ0v) is 16.5. The van der Waals surface area contributed by atoms with Crippen LogP contribution in [0.2, 0.25) is 0 Å². The molecule has 0 saturated carbocycles. The van der Waals surface area contributed by atoms with Gasteiger partial charge in [0.25, 0.3) is 10.2 Å². The summed E-state index contributed by atoms with van der Waals surface area (Å²) < 4.78 is 28.7. The molecule has 27 heavy (non-hydrogen) atoms. The van der Waals surface area contributed by atoms with E-state index in [1.165, 1.54) is 8.61 Å². The van der Waals surface area contributed by atoms with Gasteiger partial charge < -0.3 is 5.32 Å². The van der Waals surface area contributed by atoms with Crippen LogP contribution in [0.1, 0.15) is 23.1 Å². The minimum Gasteiger partial charge on any atom is -0.325 e. The number of aryl methyl sites for hydroxylation is 2. The van der Waals surface area contributed by atoms with Crippen molar-refractivity contribution in [3.05, 3.63) is 65.2 Å². The van der Waals surface area contributed by atoms with Gasteiger partial charge in [-0.1, -0.05) is 42.0 Å². The molecular formula is C20H25N3O3S. The van der Waals surface area contributed by atoms with Gasteiger partial charge in [0.05, 0.1) is 6.54 Å². The molecule has 0 bridgehead atoms. The third-order valence-corrected chi connectivity index (χ3v) is 6.62. The van der Waals surface area contributed by atoms with E-state index in [1.807, 2.05) is 50.2 Å². The lowest BCUT2D eigenvalue weighted by Crippen LogP contribution is -2.51. The fourth-order valence-electron chi connectivity index (χ4n) is 3.18. The Bertz CT molecular complexity index is 913. The van der Waals surface area contributed by atoms with E-state index in [1.54, 1.807) is 12.1 Å². The van der Waals surface area contributed by atoms with Crippen LogP contribution in [0.5, 0.6) is 0 Å². The highest BCUT2D eigenvalue weighted by Gasteiger charge is 2.34. The van der Waals surface area contributed by atoms with E-state index in [0.717, 1.165) is 16.7 Å². The standard InChI is InChI=1S/C20H25N3O3S/c1-16-9-10-17(2)18(13-16)14-22-11-6-12-23(27(22,25)26)15-20(24)21-19-7-4-3-5-8-19/h3-5,7-10,13H,6,11-12,14-15H2,1-2H3,(H,21,24). The van der Waals surface area contributed by atoms with Gasteiger partial charge in [0.2, 0.25) is 5.91 Å². The Hall–Kier alpha value is -2.22. The molecule has 1 aliphatic heterocycles. The molecule has 144 valence electrons. The van der Waals surface area contributed by atoms with Crippen molar-refractivity contribution in [2.45, 2.75) is 26.8 Å². The SMILES string of the molecule is Cc1ccc(C)c(CN2CCCN(CC(=O)Nc3ccccc3)S2(=O)=O)c1. The number of rotatable bonds is 5. The first-order valence-corrected chi connectivity index (χ1v) is 10.4. The second-order valence-electron chi connectivity index (χ2n) is 6.87. The topological polar surface area (TPSA) is 69.7 Å². The Morgan fingerprint density at radius 2 is 1.74 bits per heavy atom. The Morgan fingerprint density at radius 1 is 1.04 bits per heavy atom. The molecule has 7 heteroatoms. The number of carbonyl (C=O) groups is 1. The minimum absolute atomic E-state index is 0.180. The molecule has 0 aromatic heterocycles. The normalized spacial score (nSPS) is 17.6. The summed E-state index contributed by atoms with van der Waals surface area (Å²) in [6.45, 7) is 4.94. The number of nitrogens with zero attached hydrogens (tertiary/aromatic N) is 2. The fourth-order valence-corrected chi connectivity index (χ4v) is 4.81. The molecule has 0 radical (unpaired) electrons. The summed E-state index contributed by atoms with van der Waals surface area (Å²) in [7, 11) is -3.67. The molecule has 1 N–H and O–H groups in total. The van der Waals surface area contributed by atoms with Crippen LogP contribution >= 0.6 is 0 Å². The van der Waals surface area contributed by atoms with E-state index in [-0.39, 0.29) is 12.5 Å². The maximum absolute atomic E-state index is 13.0. The molecule has 2 aromatic carbocycles. The molecule has 1 aliphatic rings. The summed E-state index contributed by atoms with van der Waals surface area (Å²) in [5.74, 6) is -0.335. The summed E-state index contributed by atoms with van der Waals surface area (Å²) in [5, 5.41) is 2.74. The van der Waals surface area contributed by atoms with Gasteiger partial charge >= 0.3 is 0 Å². The number of benzene rings is 2. The van der Waals surface area contributed by atoms with E-state index < -0.39 is 10.2 Å². The summed E-state index contributed by atoms with van der Waals surface area (Å²) in [4.78, 5) is 12.3. The maximum Gasteiger partial charge on any atom is 0.282 e. The minimum atomic E-state index is -3.67. The van der Waals surface area contributed by atoms with Gasteiger partial charge in [0, 0.05) is 25.3 Å². The van der Waals surface area contributed by atoms with Crippen molar-refractivity contribution in [2.75, 3.05) is 25.0 Å². The second kappa shape index (κ2) is 8.21. The van der Waals surface area contributed by atoms with E-state index in [2.05, 4.69) is 5.32 Å². The lowest BCUT2D eigenvalue weighted by atomic mass is 10.1. The zero-order chi connectivity index (χ0) is 19.4. The molecule has 6 nitrogen and oxygen atoms in total. The third kappa shape index (κ3) is 4.74. The number of para-hydroxylation sites is 1. The van der Waals surface area contributed by atoms with E-state index >= 15 is 0 Å². The molecule has 2 aromatic rings. The highest BCUT2D eigenvalue weighted by atomic mass is 32.2. The van der Waals surface area contributed by atoms with Crippen molar-refractivity contribution < 1.29 is 13.2 Å². The smallest absolute Gasteiger partial charge is 0.282 e. The van der Waals surface area contributed by atoms with Gasteiger partial charge in [0.1, 0.15) is 0 Å². The number of anilines is 1. The lowest BCUT2D eigenvalue weighted by molar-refractivity contribution is -0.116. The van der Waals surface area contributed by atoms with Crippen LogP contribution in [0.4, 0.5) is 5.69 Å². The van der Waals surface area contributed by atoms with Crippen molar-refractivity contribution in [2.24, 2.45) is 0 Å². The molecule has 1 fully saturated rings. The van der Waals surface area contributed by atoms with Gasteiger partial charge in [0.15, 0.2) is 0 Å². The molecule has 1 amide bonds. The van der Waals surface area contributed by atoms with Crippen LogP contribution in [0, 0.1) is 13.8 Å². The van der Waals surface area contributed by atoms with Gasteiger partial charge in [-0.05, 0) is 43.5 Å². The van der Waals surface area contributed by atoms with Crippen LogP contribution in [-0.4, -0.2) is 42.6 Å². The first-order valence-electron chi connectivity index (χ1n) is 9.02. The van der Waals surface area contributed by atoms with Crippen LogP contribution in [0.15, 0.2) is 48.5 Å². The quantitative estimate of drug-likeness (QED) is 0.858. The van der Waals surface area contributed by atoms with Crippen LogP contribution < -0.4 is 5.32 Å². The predicted octanol–water partition coefficient (Wildman–Crippen LogP) is 2.69. The number of nitrogens with one attached hydrogen (secondary N) is 1. The summed E-state index contributed by atoms with van der Waals surface area (Å²) >= 11 is 0. The molecule has 0 atom stereocenters. The van der Waals surface area contributed by atoms with Crippen molar-refractivity contribution in [3.63, 3.8) is 0 Å². The predicted molar refractivity (Wildman–Crippen MR) is 107 cm³/mol. The van der Waals surface area contributed by atoms with E-state index in [9.17, 15) is 13.2 Å². The number of hydrogen-bond acceptors (Lipinski definition) is 3. The monoisotopic (exact) mass is 387 g/mol. The third-order valence-electron chi connectivity index (χ3n) is 4.70. The lowest BCUT2D eigenvalue weighted by Gasteiger charge is -2.34. The number of amides is 1. The molecule has 0 aliphatic carbocycles. The Morgan fingerprint density at radius 3 is 2.48 bits per heavy atom. The average Bonchev–Trinajstić information content (AvgIpc) is 2.62. The van der Waals surface area contributed by atoms with Crippen LogP contribution in [0.25, 0.3) is 0 Å². The van der Waals surface area contributed by atoms with E-state index in [4.69, 9.17) is 0 Å². The van der Waals surface area contributed by atoms with Crippen LogP contribution in [-0.2, 0) is 21.5 Å². The molecule has 1 heterocycles. The largest absolute Gasteiger partial charge is 0.325 e. The van der Waals surface area contributed by atoms with E-state index in [0.29, 0.717) is 31.7 Å². The van der Waals surface area contributed by atoms with Crippen molar-refractivity contribution in [1.82, 2.24) is 8.61 Å². The van der Waals surface area contributed by atoms with Crippen molar-refractivity contribution in [1.29, 1.82) is 0 Å². The highest BCUT2D eigenvalue weighted by molar-refractivity contribution is 7.86. The highest BCUT2D eigenvalue weighted by Crippen LogP contribution is 2.21. The Balaban J connectivity index is 1.70. The summed E-state index contributed by atoms with van der Waals surface area (Å²) in [6.07, 6.45) is 0.697. The average molecular weight is 388 g/mol. The molecule has 3 rings (SSSR count). The molecule has 0 unspecified atom stereocenters. The molecular weight excluding hydrogens is 362 g/mol. The number of hydrogen-bond donors (Lipinski definition) is 1. The number of carbonyl (C=O) groups excluding carboxylic acids is 1. The fraction of sp³-hybridized carbons (Fsp3) is 0.350. The summed E-state index contributed by atoms with van der Waals surface area (Å²) in [5.41, 5.74) is 3.82. The van der Waals surface area contributed by atoms with Gasteiger partial charge in [-0.3, -0.25) is 4.79 Å². The summed E-state index contributed by atoms with van der Waals surface area (Å²) in [6, 6.07) is 15.1. The Labute approximate surface area is 161 Å². The van der Waals surface area contributed by atoms with Gasteiger partial charge in [-0.15, -0.1) is 0 Å². The van der Waals surface area contributed by atoms with Gasteiger partial charge in [-0.25, -0.2) is 0 Å². The van der Waals surface area contributed by atoms with Gasteiger partial charge in [-0.2, -0.15) is 17.0 Å². The van der Waals surface area contributed by atoms with Crippen LogP contribution in [0.3, 0.4) is 0 Å². The first-order chi connectivity index (χ1) is 12.9. The van der Waals surface area contributed by atoms with Crippen molar-refractivity contribution in [3.8, 4) is 0 Å². The zero-order valence-electron chi connectivity index (χ0n) is 15.7.